The second-order valence-corrected chi connectivity index (χ2v) is 11.7. The average molecular weight is 546 g/mol. The molecule has 1 aliphatic heterocycles. The first-order valence-electron chi connectivity index (χ1n) is 10.4. The fraction of sp³-hybridized carbons (Fsp3) is 0.364. The number of nitrogens with zero attached hydrogens (tertiary/aromatic N) is 3. The van der Waals surface area contributed by atoms with E-state index in [2.05, 4.69) is 9.88 Å². The monoisotopic (exact) mass is 545 g/mol. The molecule has 4 rings (SSSR count). The van der Waals surface area contributed by atoms with Crippen LogP contribution < -0.4 is 4.90 Å². The lowest BCUT2D eigenvalue weighted by Crippen LogP contribution is -2.43. The Morgan fingerprint density at radius 2 is 1.91 bits per heavy atom. The van der Waals surface area contributed by atoms with E-state index in [0.717, 1.165) is 24.2 Å². The number of hydrogen-bond acceptors (Lipinski definition) is 8. The molecule has 184 valence electrons. The number of carbonyl (C=O) groups excluding carboxylic acids is 1. The fourth-order valence-corrected chi connectivity index (χ4v) is 6.18. The molecule has 34 heavy (non-hydrogen) atoms. The molecule has 12 heteroatoms. The number of morpholine rings is 1. The van der Waals surface area contributed by atoms with Crippen LogP contribution in [0.4, 0.5) is 9.52 Å². The SMILES string of the molecule is CS(=O)(=O)c1cccc2sc(N(CCN3CCOCC3)C(=O)CSc3ccc(F)cc3)nc12.Cl. The van der Waals surface area contributed by atoms with Crippen molar-refractivity contribution in [3.8, 4) is 0 Å². The molecule has 0 unspecified atom stereocenters. The van der Waals surface area contributed by atoms with Crippen molar-refractivity contribution in [2.45, 2.75) is 9.79 Å². The number of fused-ring (bicyclic) bond motifs is 1. The van der Waals surface area contributed by atoms with Crippen LogP contribution in [0.2, 0.25) is 0 Å². The predicted octanol–water partition coefficient (Wildman–Crippen LogP) is 3.72. The van der Waals surface area contributed by atoms with E-state index in [0.29, 0.717) is 41.7 Å². The molecule has 0 N–H and O–H groups in total. The molecule has 0 bridgehead atoms. The number of thioether (sulfide) groups is 1. The van der Waals surface area contributed by atoms with E-state index in [9.17, 15) is 17.6 Å². The number of para-hydroxylation sites is 1. The van der Waals surface area contributed by atoms with Crippen molar-refractivity contribution < 1.29 is 22.3 Å². The van der Waals surface area contributed by atoms with Gasteiger partial charge >= 0.3 is 0 Å². The van der Waals surface area contributed by atoms with Crippen molar-refractivity contribution >= 4 is 66.6 Å². The predicted molar refractivity (Wildman–Crippen MR) is 137 cm³/mol. The van der Waals surface area contributed by atoms with Gasteiger partial charge in [-0.3, -0.25) is 14.6 Å². The maximum atomic E-state index is 13.3. The Labute approximate surface area is 212 Å². The third kappa shape index (κ3) is 6.67. The number of aromatic nitrogens is 1. The van der Waals surface area contributed by atoms with E-state index < -0.39 is 9.84 Å². The largest absolute Gasteiger partial charge is 0.379 e. The normalized spacial score (nSPS) is 14.6. The van der Waals surface area contributed by atoms with E-state index >= 15 is 0 Å². The second-order valence-electron chi connectivity index (χ2n) is 7.61. The van der Waals surface area contributed by atoms with Gasteiger partial charge in [0.2, 0.25) is 5.91 Å². The number of sulfone groups is 1. The van der Waals surface area contributed by atoms with Gasteiger partial charge in [-0.1, -0.05) is 17.4 Å². The summed E-state index contributed by atoms with van der Waals surface area (Å²) >= 11 is 2.63. The van der Waals surface area contributed by atoms with E-state index in [-0.39, 0.29) is 34.8 Å². The molecule has 1 aromatic heterocycles. The highest BCUT2D eigenvalue weighted by Crippen LogP contribution is 2.33. The minimum absolute atomic E-state index is 0. The molecule has 1 fully saturated rings. The standard InChI is InChI=1S/C22H24FN3O4S3.ClH/c1-33(28,29)19-4-2-3-18-21(19)24-22(32-18)26(10-9-25-11-13-30-14-12-25)20(27)15-31-17-7-5-16(23)6-8-17;/h2-8H,9-15H2,1H3;1H. The first-order chi connectivity index (χ1) is 15.8. The maximum absolute atomic E-state index is 13.3. The Bertz CT molecular complexity index is 1230. The minimum Gasteiger partial charge on any atom is -0.379 e. The summed E-state index contributed by atoms with van der Waals surface area (Å²) in [7, 11) is -3.46. The number of amides is 1. The zero-order chi connectivity index (χ0) is 23.4. The summed E-state index contributed by atoms with van der Waals surface area (Å²) in [6, 6.07) is 11.0. The van der Waals surface area contributed by atoms with E-state index in [1.165, 1.54) is 41.3 Å². The van der Waals surface area contributed by atoms with Crippen LogP contribution in [-0.2, 0) is 19.4 Å². The quantitative estimate of drug-likeness (QED) is 0.399. The zero-order valence-corrected chi connectivity index (χ0v) is 21.7. The first-order valence-corrected chi connectivity index (χ1v) is 14.1. The second kappa shape index (κ2) is 11.8. The van der Waals surface area contributed by atoms with E-state index in [1.54, 1.807) is 23.1 Å². The van der Waals surface area contributed by atoms with Gasteiger partial charge < -0.3 is 4.74 Å². The Morgan fingerprint density at radius 3 is 2.59 bits per heavy atom. The van der Waals surface area contributed by atoms with Gasteiger partial charge in [0, 0.05) is 37.3 Å². The van der Waals surface area contributed by atoms with Crippen LogP contribution in [0.25, 0.3) is 10.2 Å². The number of anilines is 1. The number of ether oxygens (including phenoxy) is 1. The third-order valence-corrected chi connectivity index (χ3v) is 8.39. The molecule has 0 spiro atoms. The summed E-state index contributed by atoms with van der Waals surface area (Å²) in [6.07, 6.45) is 1.15. The summed E-state index contributed by atoms with van der Waals surface area (Å²) in [5.41, 5.74) is 0.385. The van der Waals surface area contributed by atoms with Gasteiger partial charge in [-0.05, 0) is 36.4 Å². The van der Waals surface area contributed by atoms with Crippen LogP contribution in [0.3, 0.4) is 0 Å². The molecular formula is C22H25ClFN3O4S3. The number of hydrogen-bond donors (Lipinski definition) is 0. The summed E-state index contributed by atoms with van der Waals surface area (Å²) in [6.45, 7) is 4.00. The summed E-state index contributed by atoms with van der Waals surface area (Å²) in [5.74, 6) is -0.310. The molecule has 7 nitrogen and oxygen atoms in total. The number of rotatable bonds is 8. The Morgan fingerprint density at radius 1 is 1.21 bits per heavy atom. The van der Waals surface area contributed by atoms with Gasteiger partial charge in [0.05, 0.1) is 28.6 Å². The minimum atomic E-state index is -3.46. The highest BCUT2D eigenvalue weighted by atomic mass is 35.5. The lowest BCUT2D eigenvalue weighted by atomic mass is 10.3. The highest BCUT2D eigenvalue weighted by Gasteiger charge is 2.24. The lowest BCUT2D eigenvalue weighted by molar-refractivity contribution is -0.116. The topological polar surface area (TPSA) is 79.8 Å². The van der Waals surface area contributed by atoms with Crippen molar-refractivity contribution in [3.63, 3.8) is 0 Å². The van der Waals surface area contributed by atoms with Gasteiger partial charge in [0.25, 0.3) is 0 Å². The fourth-order valence-electron chi connectivity index (χ4n) is 3.47. The van der Waals surface area contributed by atoms with Crippen LogP contribution in [0, 0.1) is 5.82 Å². The van der Waals surface area contributed by atoms with Crippen molar-refractivity contribution in [2.24, 2.45) is 0 Å². The molecule has 0 radical (unpaired) electrons. The summed E-state index contributed by atoms with van der Waals surface area (Å²) in [4.78, 5) is 22.6. The van der Waals surface area contributed by atoms with Crippen LogP contribution in [-0.4, -0.2) is 75.6 Å². The molecule has 0 aliphatic carbocycles. The summed E-state index contributed by atoms with van der Waals surface area (Å²) < 4.78 is 43.7. The van der Waals surface area contributed by atoms with Gasteiger partial charge in [-0.15, -0.1) is 24.2 Å². The Balaban J connectivity index is 0.00000324. The summed E-state index contributed by atoms with van der Waals surface area (Å²) in [5, 5.41) is 0.471. The average Bonchev–Trinajstić information content (AvgIpc) is 3.22. The van der Waals surface area contributed by atoms with Crippen molar-refractivity contribution in [1.82, 2.24) is 9.88 Å². The number of carbonyl (C=O) groups is 1. The van der Waals surface area contributed by atoms with Gasteiger partial charge in [-0.2, -0.15) is 0 Å². The van der Waals surface area contributed by atoms with E-state index in [1.807, 2.05) is 6.07 Å². The number of thiazole rings is 1. The molecule has 2 heterocycles. The van der Waals surface area contributed by atoms with Gasteiger partial charge in [-0.25, -0.2) is 17.8 Å². The smallest absolute Gasteiger partial charge is 0.239 e. The van der Waals surface area contributed by atoms with Gasteiger partial charge in [0.1, 0.15) is 11.3 Å². The van der Waals surface area contributed by atoms with Crippen LogP contribution >= 0.6 is 35.5 Å². The molecule has 1 aliphatic rings. The van der Waals surface area contributed by atoms with Crippen LogP contribution in [0.5, 0.6) is 0 Å². The molecule has 1 amide bonds. The lowest BCUT2D eigenvalue weighted by Gasteiger charge is -2.29. The number of benzene rings is 2. The van der Waals surface area contributed by atoms with Crippen molar-refractivity contribution in [1.29, 1.82) is 0 Å². The van der Waals surface area contributed by atoms with Crippen LogP contribution in [0.15, 0.2) is 52.3 Å². The molecule has 1 saturated heterocycles. The van der Waals surface area contributed by atoms with Gasteiger partial charge in [0.15, 0.2) is 15.0 Å². The molecule has 3 aromatic rings. The molecule has 0 atom stereocenters. The Hall–Kier alpha value is -1.76. The number of halogens is 2. The molecular weight excluding hydrogens is 521 g/mol. The molecule has 0 saturated carbocycles. The highest BCUT2D eigenvalue weighted by molar-refractivity contribution is 8.00. The zero-order valence-electron chi connectivity index (χ0n) is 18.5. The van der Waals surface area contributed by atoms with Crippen molar-refractivity contribution in [3.05, 3.63) is 48.3 Å². The van der Waals surface area contributed by atoms with Crippen molar-refractivity contribution in [2.75, 3.05) is 56.3 Å². The third-order valence-electron chi connectivity index (χ3n) is 5.22. The van der Waals surface area contributed by atoms with Crippen LogP contribution in [0.1, 0.15) is 0 Å². The molecule has 2 aromatic carbocycles. The first kappa shape index (κ1) is 26.8. The Kier molecular flexibility index (Phi) is 9.30. The van der Waals surface area contributed by atoms with E-state index in [4.69, 9.17) is 4.74 Å². The maximum Gasteiger partial charge on any atom is 0.239 e.